The normalized spacial score (nSPS) is 18.9. The molecular weight excluding hydrogens is 426 g/mol. The van der Waals surface area contributed by atoms with Crippen molar-refractivity contribution in [2.24, 2.45) is 0 Å². The van der Waals surface area contributed by atoms with Crippen molar-refractivity contribution >= 4 is 43.3 Å². The number of benzene rings is 2. The molecule has 0 aliphatic carbocycles. The first-order chi connectivity index (χ1) is 11.8. The fourth-order valence-electron chi connectivity index (χ4n) is 2.98. The molecule has 1 aliphatic rings. The lowest BCUT2D eigenvalue weighted by Crippen LogP contribution is -2.40. The van der Waals surface area contributed by atoms with Crippen molar-refractivity contribution in [3.05, 3.63) is 69.2 Å². The predicted octanol–water partition coefficient (Wildman–Crippen LogP) is 3.93. The Hall–Kier alpha value is -1.37. The summed E-state index contributed by atoms with van der Waals surface area (Å²) in [6.07, 6.45) is 0.468. The van der Waals surface area contributed by atoms with Crippen LogP contribution in [0, 0.1) is 0 Å². The van der Waals surface area contributed by atoms with Crippen LogP contribution in [0.15, 0.2) is 53.0 Å². The van der Waals surface area contributed by atoms with Gasteiger partial charge in [-0.05, 0) is 48.4 Å². The average molecular weight is 443 g/mol. The van der Waals surface area contributed by atoms with Gasteiger partial charge in [-0.25, -0.2) is 8.42 Å². The van der Waals surface area contributed by atoms with E-state index in [4.69, 9.17) is 11.6 Å². The predicted molar refractivity (Wildman–Crippen MR) is 103 cm³/mol. The molecule has 1 amide bonds. The Kier molecular flexibility index (Phi) is 5.51. The average Bonchev–Trinajstić information content (AvgIpc) is 2.92. The molecule has 7 heteroatoms. The van der Waals surface area contributed by atoms with Gasteiger partial charge in [-0.1, -0.05) is 39.7 Å². The Morgan fingerprint density at radius 1 is 1.20 bits per heavy atom. The number of sulfone groups is 1. The van der Waals surface area contributed by atoms with Gasteiger partial charge in [0, 0.05) is 27.6 Å². The van der Waals surface area contributed by atoms with Gasteiger partial charge in [0.1, 0.15) is 0 Å². The van der Waals surface area contributed by atoms with E-state index in [-0.39, 0.29) is 23.5 Å². The van der Waals surface area contributed by atoms with Crippen molar-refractivity contribution in [3.63, 3.8) is 0 Å². The third-order valence-corrected chi connectivity index (χ3v) is 6.74. The zero-order valence-corrected chi connectivity index (χ0v) is 16.5. The molecule has 2 aromatic rings. The number of hydrogen-bond donors (Lipinski definition) is 0. The Morgan fingerprint density at radius 2 is 1.92 bits per heavy atom. The first kappa shape index (κ1) is 18.4. The molecule has 0 saturated carbocycles. The van der Waals surface area contributed by atoms with Gasteiger partial charge in [-0.2, -0.15) is 0 Å². The molecule has 2 aromatic carbocycles. The molecule has 0 radical (unpaired) electrons. The number of hydrogen-bond acceptors (Lipinski definition) is 3. The monoisotopic (exact) mass is 441 g/mol. The minimum absolute atomic E-state index is 0.0142. The van der Waals surface area contributed by atoms with E-state index in [9.17, 15) is 13.2 Å². The zero-order valence-electron chi connectivity index (χ0n) is 13.4. The summed E-state index contributed by atoms with van der Waals surface area (Å²) < 4.78 is 24.7. The van der Waals surface area contributed by atoms with Gasteiger partial charge in [0.15, 0.2) is 9.84 Å². The fourth-order valence-corrected chi connectivity index (χ4v) is 5.28. The van der Waals surface area contributed by atoms with Crippen LogP contribution in [-0.2, 0) is 16.4 Å². The van der Waals surface area contributed by atoms with Crippen molar-refractivity contribution in [1.29, 1.82) is 0 Å². The Bertz CT molecular complexity index is 883. The molecule has 1 aliphatic heterocycles. The van der Waals surface area contributed by atoms with E-state index in [1.165, 1.54) is 0 Å². The number of nitrogens with zero attached hydrogens (tertiary/aromatic N) is 1. The summed E-state index contributed by atoms with van der Waals surface area (Å²) in [5.41, 5.74) is 1.45. The molecule has 1 heterocycles. The topological polar surface area (TPSA) is 54.5 Å². The largest absolute Gasteiger partial charge is 0.330 e. The van der Waals surface area contributed by atoms with E-state index in [1.54, 1.807) is 29.2 Å². The Morgan fingerprint density at radius 3 is 2.52 bits per heavy atom. The first-order valence-electron chi connectivity index (χ1n) is 7.85. The summed E-state index contributed by atoms with van der Waals surface area (Å²) in [5.74, 6) is -0.0420. The first-order valence-corrected chi connectivity index (χ1v) is 10.8. The zero-order chi connectivity index (χ0) is 18.0. The quantitative estimate of drug-likeness (QED) is 0.721. The number of halogens is 2. The molecule has 1 unspecified atom stereocenters. The number of carbonyl (C=O) groups is 1. The highest BCUT2D eigenvalue weighted by molar-refractivity contribution is 9.10. The molecule has 1 atom stereocenters. The van der Waals surface area contributed by atoms with Crippen LogP contribution < -0.4 is 0 Å². The molecule has 1 saturated heterocycles. The molecule has 0 bridgehead atoms. The van der Waals surface area contributed by atoms with Crippen molar-refractivity contribution < 1.29 is 13.2 Å². The second-order valence-corrected chi connectivity index (χ2v) is 9.71. The molecule has 132 valence electrons. The van der Waals surface area contributed by atoms with E-state index in [2.05, 4.69) is 15.9 Å². The van der Waals surface area contributed by atoms with Gasteiger partial charge >= 0.3 is 0 Å². The van der Waals surface area contributed by atoms with Crippen LogP contribution in [-0.4, -0.2) is 36.8 Å². The molecule has 0 spiro atoms. The summed E-state index contributed by atoms with van der Waals surface area (Å²) in [6.45, 7) is 0.362. The van der Waals surface area contributed by atoms with E-state index in [1.807, 2.05) is 24.3 Å². The van der Waals surface area contributed by atoms with Crippen molar-refractivity contribution in [1.82, 2.24) is 4.90 Å². The third-order valence-electron chi connectivity index (χ3n) is 4.24. The maximum atomic E-state index is 13.0. The lowest BCUT2D eigenvalue weighted by Gasteiger charge is -2.28. The van der Waals surface area contributed by atoms with Crippen LogP contribution in [0.4, 0.5) is 0 Å². The third kappa shape index (κ3) is 4.63. The summed E-state index contributed by atoms with van der Waals surface area (Å²) in [4.78, 5) is 14.7. The van der Waals surface area contributed by atoms with E-state index in [0.717, 1.165) is 10.0 Å². The molecule has 4 nitrogen and oxygen atoms in total. The number of rotatable bonds is 4. The maximum Gasteiger partial charge on any atom is 0.254 e. The maximum absolute atomic E-state index is 13.0. The molecule has 3 rings (SSSR count). The second-order valence-electron chi connectivity index (χ2n) is 6.13. The molecular formula is C18H17BrClNO3S. The van der Waals surface area contributed by atoms with Crippen molar-refractivity contribution in [2.45, 2.75) is 19.0 Å². The second kappa shape index (κ2) is 7.48. The number of carbonyl (C=O) groups excluding carboxylic acids is 1. The molecule has 0 aromatic heterocycles. The van der Waals surface area contributed by atoms with Gasteiger partial charge in [0.2, 0.25) is 0 Å². The number of amides is 1. The highest BCUT2D eigenvalue weighted by Gasteiger charge is 2.35. The Labute approximate surface area is 160 Å². The lowest BCUT2D eigenvalue weighted by atomic mass is 10.1. The smallest absolute Gasteiger partial charge is 0.254 e. The van der Waals surface area contributed by atoms with Crippen molar-refractivity contribution in [2.75, 3.05) is 11.5 Å². The summed E-state index contributed by atoms with van der Waals surface area (Å²) in [6, 6.07) is 14.0. The molecule has 25 heavy (non-hydrogen) atoms. The lowest BCUT2D eigenvalue weighted by molar-refractivity contribution is 0.0681. The SMILES string of the molecule is O=C(c1ccc(Cl)cc1)N(Cc1cccc(Br)c1)C1CCS(=O)(=O)C1. The highest BCUT2D eigenvalue weighted by Crippen LogP contribution is 2.24. The van der Waals surface area contributed by atoms with Crippen molar-refractivity contribution in [3.8, 4) is 0 Å². The van der Waals surface area contributed by atoms with Crippen LogP contribution in [0.3, 0.4) is 0 Å². The van der Waals surface area contributed by atoms with Crippen LogP contribution in [0.2, 0.25) is 5.02 Å². The van der Waals surface area contributed by atoms with E-state index in [0.29, 0.717) is 23.6 Å². The van der Waals surface area contributed by atoms with Gasteiger partial charge in [-0.3, -0.25) is 4.79 Å². The Balaban J connectivity index is 1.91. The van der Waals surface area contributed by atoms with Crippen LogP contribution in [0.1, 0.15) is 22.3 Å². The minimum atomic E-state index is -3.09. The fraction of sp³-hybridized carbons (Fsp3) is 0.278. The van der Waals surface area contributed by atoms with Gasteiger partial charge in [0.25, 0.3) is 5.91 Å². The van der Waals surface area contributed by atoms with Gasteiger partial charge in [-0.15, -0.1) is 0 Å². The summed E-state index contributed by atoms with van der Waals surface area (Å²) in [5, 5.41) is 0.554. The van der Waals surface area contributed by atoms with Gasteiger partial charge < -0.3 is 4.90 Å². The van der Waals surface area contributed by atoms with E-state index >= 15 is 0 Å². The summed E-state index contributed by atoms with van der Waals surface area (Å²) in [7, 11) is -3.09. The molecule has 1 fully saturated rings. The molecule has 0 N–H and O–H groups in total. The highest BCUT2D eigenvalue weighted by atomic mass is 79.9. The van der Waals surface area contributed by atoms with Crippen LogP contribution >= 0.6 is 27.5 Å². The summed E-state index contributed by atoms with van der Waals surface area (Å²) >= 11 is 9.33. The van der Waals surface area contributed by atoms with Crippen LogP contribution in [0.5, 0.6) is 0 Å². The minimum Gasteiger partial charge on any atom is -0.330 e. The van der Waals surface area contributed by atoms with E-state index < -0.39 is 9.84 Å². The van der Waals surface area contributed by atoms with Crippen LogP contribution in [0.25, 0.3) is 0 Å². The van der Waals surface area contributed by atoms with Gasteiger partial charge in [0.05, 0.1) is 11.5 Å². The standard InChI is InChI=1S/C18H17BrClNO3S/c19-15-3-1-2-13(10-15)11-21(17-8-9-25(23,24)12-17)18(22)14-4-6-16(20)7-5-14/h1-7,10,17H,8-9,11-12H2.